The average Bonchev–Trinajstić information content (AvgIpc) is 2.76. The normalized spacial score (nSPS) is 54.1. The van der Waals surface area contributed by atoms with Crippen LogP contribution < -0.4 is 0 Å². The standard InChI is InChI=1S/C30H48O4/c1-25(2)13-15-30(24(33)34)16-14-28(5)19(20(30)17-25)7-8-22-26(3)11-10-23(32)27(4,18-31)21(26)9-12-29(22,28)6/h7,20-23,31-32H,8-18H2,1-6H3,(H,33,34)/t20-,21-,22+,23-,26-,27-,28-,29-,30+/m1/s1. The Bertz CT molecular complexity index is 907. The van der Waals surface area contributed by atoms with Gasteiger partial charge < -0.3 is 15.3 Å². The predicted molar refractivity (Wildman–Crippen MR) is 134 cm³/mol. The SMILES string of the molecule is CC1(C)CC[C@]2(C(=O)O)CC[C@]3(C)C(=CC[C@H]4[C@]5(C)CC[C@@H](O)[C@](C)(CO)[C@@H]5CC[C@]43C)[C@H]2C1. The molecule has 3 N–H and O–H groups in total. The summed E-state index contributed by atoms with van der Waals surface area (Å²) in [6.45, 7) is 14.3. The van der Waals surface area contributed by atoms with E-state index in [4.69, 9.17) is 0 Å². The van der Waals surface area contributed by atoms with Crippen molar-refractivity contribution < 1.29 is 20.1 Å². The van der Waals surface area contributed by atoms with Gasteiger partial charge in [-0.25, -0.2) is 0 Å². The first-order valence-electron chi connectivity index (χ1n) is 13.9. The van der Waals surface area contributed by atoms with E-state index in [1.54, 1.807) is 0 Å². The number of carbonyl (C=O) groups is 1. The van der Waals surface area contributed by atoms with Crippen molar-refractivity contribution >= 4 is 5.97 Å². The second-order valence-corrected chi connectivity index (χ2v) is 14.9. The molecule has 5 rings (SSSR count). The molecule has 0 radical (unpaired) electrons. The van der Waals surface area contributed by atoms with Crippen molar-refractivity contribution in [1.82, 2.24) is 0 Å². The first-order chi connectivity index (χ1) is 15.7. The average molecular weight is 473 g/mol. The number of aliphatic carboxylic acids is 1. The van der Waals surface area contributed by atoms with Crippen LogP contribution in [-0.2, 0) is 4.79 Å². The van der Waals surface area contributed by atoms with E-state index in [9.17, 15) is 20.1 Å². The Labute approximate surface area is 206 Å². The van der Waals surface area contributed by atoms with Crippen molar-refractivity contribution in [2.24, 2.45) is 50.2 Å². The zero-order valence-corrected chi connectivity index (χ0v) is 22.4. The van der Waals surface area contributed by atoms with Crippen LogP contribution in [0, 0.1) is 50.2 Å². The molecule has 192 valence electrons. The van der Waals surface area contributed by atoms with Crippen molar-refractivity contribution in [1.29, 1.82) is 0 Å². The molecule has 4 fully saturated rings. The van der Waals surface area contributed by atoms with Gasteiger partial charge in [-0.3, -0.25) is 4.79 Å². The van der Waals surface area contributed by atoms with Gasteiger partial charge in [0.15, 0.2) is 0 Å². The second-order valence-electron chi connectivity index (χ2n) is 14.9. The van der Waals surface area contributed by atoms with E-state index in [1.165, 1.54) is 5.57 Å². The first-order valence-corrected chi connectivity index (χ1v) is 13.9. The van der Waals surface area contributed by atoms with E-state index in [0.717, 1.165) is 64.2 Å². The minimum absolute atomic E-state index is 0.0204. The third-order valence-corrected chi connectivity index (χ3v) is 13.2. The fourth-order valence-electron chi connectivity index (χ4n) is 10.7. The third-order valence-electron chi connectivity index (χ3n) is 13.2. The van der Waals surface area contributed by atoms with Crippen molar-refractivity contribution in [3.05, 3.63) is 11.6 Å². The Hall–Kier alpha value is -0.870. The highest BCUT2D eigenvalue weighted by Crippen LogP contribution is 2.75. The summed E-state index contributed by atoms with van der Waals surface area (Å²) in [5.41, 5.74) is 0.858. The summed E-state index contributed by atoms with van der Waals surface area (Å²) >= 11 is 0. The van der Waals surface area contributed by atoms with Crippen LogP contribution in [0.2, 0.25) is 0 Å². The van der Waals surface area contributed by atoms with Gasteiger partial charge in [-0.2, -0.15) is 0 Å². The fourth-order valence-corrected chi connectivity index (χ4v) is 10.7. The van der Waals surface area contributed by atoms with Crippen LogP contribution in [0.1, 0.15) is 106 Å². The van der Waals surface area contributed by atoms with Gasteiger partial charge in [0, 0.05) is 5.41 Å². The topological polar surface area (TPSA) is 77.8 Å². The van der Waals surface area contributed by atoms with Gasteiger partial charge in [0.25, 0.3) is 0 Å². The molecule has 5 aliphatic rings. The highest BCUT2D eigenvalue weighted by molar-refractivity contribution is 5.76. The van der Waals surface area contributed by atoms with E-state index in [1.807, 2.05) is 0 Å². The Kier molecular flexibility index (Phi) is 5.36. The van der Waals surface area contributed by atoms with Crippen LogP contribution in [0.15, 0.2) is 11.6 Å². The molecule has 0 aromatic rings. The van der Waals surface area contributed by atoms with Crippen LogP contribution in [0.25, 0.3) is 0 Å². The van der Waals surface area contributed by atoms with Crippen molar-refractivity contribution in [2.45, 2.75) is 112 Å². The molecule has 9 atom stereocenters. The Morgan fingerprint density at radius 3 is 2.26 bits per heavy atom. The lowest BCUT2D eigenvalue weighted by atomic mass is 9.33. The summed E-state index contributed by atoms with van der Waals surface area (Å²) in [5.74, 6) is 0.395. The highest BCUT2D eigenvalue weighted by atomic mass is 16.4. The maximum absolute atomic E-state index is 12.8. The van der Waals surface area contributed by atoms with Crippen LogP contribution in [-0.4, -0.2) is 34.0 Å². The zero-order chi connectivity index (χ0) is 24.9. The molecule has 0 heterocycles. The molecule has 0 aromatic heterocycles. The number of aliphatic hydroxyl groups is 2. The minimum Gasteiger partial charge on any atom is -0.481 e. The molecular formula is C30H48O4. The molecular weight excluding hydrogens is 424 g/mol. The number of rotatable bonds is 2. The first kappa shape index (κ1) is 24.8. The van der Waals surface area contributed by atoms with E-state index in [2.05, 4.69) is 47.6 Å². The largest absolute Gasteiger partial charge is 0.481 e. The smallest absolute Gasteiger partial charge is 0.310 e. The summed E-state index contributed by atoms with van der Waals surface area (Å²) in [7, 11) is 0. The molecule has 0 unspecified atom stereocenters. The van der Waals surface area contributed by atoms with E-state index in [-0.39, 0.29) is 34.2 Å². The van der Waals surface area contributed by atoms with Crippen molar-refractivity contribution in [2.75, 3.05) is 6.61 Å². The Morgan fingerprint density at radius 1 is 0.941 bits per heavy atom. The number of allylic oxidation sites excluding steroid dienone is 2. The molecule has 0 amide bonds. The van der Waals surface area contributed by atoms with Gasteiger partial charge in [0.2, 0.25) is 0 Å². The molecule has 34 heavy (non-hydrogen) atoms. The summed E-state index contributed by atoms with van der Waals surface area (Å²) in [6.07, 6.45) is 11.6. The molecule has 0 saturated heterocycles. The van der Waals surface area contributed by atoms with E-state index in [0.29, 0.717) is 11.8 Å². The number of fused-ring (bicyclic) bond motifs is 7. The van der Waals surface area contributed by atoms with Gasteiger partial charge in [-0.15, -0.1) is 0 Å². The lowest BCUT2D eigenvalue weighted by Gasteiger charge is -2.71. The monoisotopic (exact) mass is 472 g/mol. The van der Waals surface area contributed by atoms with Gasteiger partial charge in [-0.05, 0) is 104 Å². The number of hydrogen-bond donors (Lipinski definition) is 3. The van der Waals surface area contributed by atoms with Crippen molar-refractivity contribution in [3.63, 3.8) is 0 Å². The van der Waals surface area contributed by atoms with Gasteiger partial charge in [-0.1, -0.05) is 53.2 Å². The fraction of sp³-hybridized carbons (Fsp3) is 0.900. The molecule has 0 bridgehead atoms. The predicted octanol–water partition coefficient (Wildman–Crippen LogP) is 6.21. The van der Waals surface area contributed by atoms with Gasteiger partial charge in [0.05, 0.1) is 18.1 Å². The summed E-state index contributed by atoms with van der Waals surface area (Å²) in [6, 6.07) is 0. The third kappa shape index (κ3) is 2.88. The number of carboxylic acids is 1. The maximum Gasteiger partial charge on any atom is 0.310 e. The van der Waals surface area contributed by atoms with Crippen LogP contribution in [0.5, 0.6) is 0 Å². The lowest BCUT2D eigenvalue weighted by Crippen LogP contribution is -2.65. The number of carboxylic acid groups (broad SMARTS) is 1. The summed E-state index contributed by atoms with van der Waals surface area (Å²) in [5, 5.41) is 31.8. The van der Waals surface area contributed by atoms with E-state index < -0.39 is 22.9 Å². The Balaban J connectivity index is 1.60. The number of hydrogen-bond acceptors (Lipinski definition) is 3. The summed E-state index contributed by atoms with van der Waals surface area (Å²) in [4.78, 5) is 12.8. The molecule has 4 saturated carbocycles. The number of aliphatic hydroxyl groups excluding tert-OH is 2. The van der Waals surface area contributed by atoms with Crippen LogP contribution in [0.4, 0.5) is 0 Å². The molecule has 0 spiro atoms. The quantitative estimate of drug-likeness (QED) is 0.418. The summed E-state index contributed by atoms with van der Waals surface area (Å²) < 4.78 is 0. The second kappa shape index (κ2) is 7.34. The molecule has 0 aliphatic heterocycles. The Morgan fingerprint density at radius 2 is 1.62 bits per heavy atom. The van der Waals surface area contributed by atoms with Gasteiger partial charge in [0.1, 0.15) is 0 Å². The van der Waals surface area contributed by atoms with Crippen LogP contribution in [0.3, 0.4) is 0 Å². The molecule has 4 nitrogen and oxygen atoms in total. The van der Waals surface area contributed by atoms with Gasteiger partial charge >= 0.3 is 5.97 Å². The van der Waals surface area contributed by atoms with Crippen LogP contribution >= 0.6 is 0 Å². The highest BCUT2D eigenvalue weighted by Gasteiger charge is 2.69. The zero-order valence-electron chi connectivity index (χ0n) is 22.4. The molecule has 4 heteroatoms. The molecule has 0 aromatic carbocycles. The van der Waals surface area contributed by atoms with Crippen molar-refractivity contribution in [3.8, 4) is 0 Å². The minimum atomic E-state index is -0.588. The molecule has 5 aliphatic carbocycles. The lowest BCUT2D eigenvalue weighted by molar-refractivity contribution is -0.216. The van der Waals surface area contributed by atoms with E-state index >= 15 is 0 Å². The maximum atomic E-state index is 12.8.